The Bertz CT molecular complexity index is 155. The average molecular weight is 169 g/mol. The molecule has 0 N–H and O–H groups in total. The van der Waals surface area contributed by atoms with Gasteiger partial charge < -0.3 is 9.64 Å². The van der Waals surface area contributed by atoms with E-state index in [9.17, 15) is 0 Å². The van der Waals surface area contributed by atoms with E-state index in [4.69, 9.17) is 4.74 Å². The van der Waals surface area contributed by atoms with Crippen LogP contribution in [0.1, 0.15) is 26.2 Å². The highest BCUT2D eigenvalue weighted by atomic mass is 16.5. The lowest BCUT2D eigenvalue weighted by molar-refractivity contribution is -0.139. The highest BCUT2D eigenvalue weighted by Gasteiger charge is 2.51. The molecule has 1 saturated carbocycles. The summed E-state index contributed by atoms with van der Waals surface area (Å²) in [5, 5.41) is 0. The first kappa shape index (κ1) is 8.52. The Morgan fingerprint density at radius 3 is 2.58 bits per heavy atom. The van der Waals surface area contributed by atoms with Gasteiger partial charge in [0.05, 0.1) is 6.10 Å². The molecule has 2 rings (SSSR count). The minimum absolute atomic E-state index is 0.578. The molecular weight excluding hydrogens is 150 g/mol. The molecule has 0 atom stereocenters. The van der Waals surface area contributed by atoms with Crippen molar-refractivity contribution in [3.05, 3.63) is 0 Å². The van der Waals surface area contributed by atoms with Gasteiger partial charge in [-0.1, -0.05) is 6.92 Å². The van der Waals surface area contributed by atoms with E-state index in [0.29, 0.717) is 11.5 Å². The molecule has 1 saturated heterocycles. The van der Waals surface area contributed by atoms with Gasteiger partial charge in [0.15, 0.2) is 0 Å². The number of rotatable bonds is 3. The van der Waals surface area contributed by atoms with Crippen LogP contribution >= 0.6 is 0 Å². The third-order valence-electron chi connectivity index (χ3n) is 3.31. The number of likely N-dealkylation sites (tertiary alicyclic amines) is 1. The third-order valence-corrected chi connectivity index (χ3v) is 3.31. The number of methoxy groups -OCH3 is 1. The van der Waals surface area contributed by atoms with Crippen LogP contribution in [0.2, 0.25) is 0 Å². The molecule has 1 heterocycles. The van der Waals surface area contributed by atoms with E-state index in [1.165, 1.54) is 38.9 Å². The normalized spacial score (nSPS) is 28.5. The van der Waals surface area contributed by atoms with Gasteiger partial charge in [-0.3, -0.25) is 0 Å². The Hall–Kier alpha value is -0.0800. The van der Waals surface area contributed by atoms with Crippen molar-refractivity contribution in [2.45, 2.75) is 32.3 Å². The van der Waals surface area contributed by atoms with E-state index in [-0.39, 0.29) is 0 Å². The predicted octanol–water partition coefficient (Wildman–Crippen LogP) is 1.51. The Labute approximate surface area is 74.9 Å². The van der Waals surface area contributed by atoms with Crippen molar-refractivity contribution < 1.29 is 4.74 Å². The van der Waals surface area contributed by atoms with Crippen LogP contribution in [0.15, 0.2) is 0 Å². The van der Waals surface area contributed by atoms with Crippen LogP contribution < -0.4 is 0 Å². The lowest BCUT2D eigenvalue weighted by Gasteiger charge is -2.58. The monoisotopic (exact) mass is 169 g/mol. The summed E-state index contributed by atoms with van der Waals surface area (Å²) in [6, 6.07) is 0. The lowest BCUT2D eigenvalue weighted by atomic mass is 9.62. The van der Waals surface area contributed by atoms with Crippen LogP contribution in [0, 0.1) is 5.41 Å². The summed E-state index contributed by atoms with van der Waals surface area (Å²) in [7, 11) is 1.83. The van der Waals surface area contributed by atoms with Crippen LogP contribution in [0.25, 0.3) is 0 Å². The number of nitrogens with zero attached hydrogens (tertiary/aromatic N) is 1. The van der Waals surface area contributed by atoms with Crippen molar-refractivity contribution in [3.8, 4) is 0 Å². The van der Waals surface area contributed by atoms with Gasteiger partial charge in [-0.25, -0.2) is 0 Å². The first-order chi connectivity index (χ1) is 5.78. The van der Waals surface area contributed by atoms with Crippen LogP contribution in [0.5, 0.6) is 0 Å². The van der Waals surface area contributed by atoms with Gasteiger partial charge in [0, 0.05) is 25.6 Å². The fourth-order valence-corrected chi connectivity index (χ4v) is 2.71. The summed E-state index contributed by atoms with van der Waals surface area (Å²) < 4.78 is 5.29. The van der Waals surface area contributed by atoms with Crippen molar-refractivity contribution in [1.82, 2.24) is 4.90 Å². The van der Waals surface area contributed by atoms with E-state index in [2.05, 4.69) is 11.8 Å². The second-order valence-electron chi connectivity index (χ2n) is 4.48. The highest BCUT2D eigenvalue weighted by Crippen LogP contribution is 2.49. The summed E-state index contributed by atoms with van der Waals surface area (Å²) in [5.41, 5.74) is 0.690. The molecule has 0 radical (unpaired) electrons. The zero-order valence-corrected chi connectivity index (χ0v) is 8.18. The van der Waals surface area contributed by atoms with Gasteiger partial charge in [-0.15, -0.1) is 0 Å². The van der Waals surface area contributed by atoms with Gasteiger partial charge in [0.1, 0.15) is 0 Å². The van der Waals surface area contributed by atoms with Crippen LogP contribution in [0.4, 0.5) is 0 Å². The van der Waals surface area contributed by atoms with E-state index in [0.717, 1.165) is 0 Å². The van der Waals surface area contributed by atoms with Crippen molar-refractivity contribution in [2.24, 2.45) is 5.41 Å². The van der Waals surface area contributed by atoms with Crippen molar-refractivity contribution in [3.63, 3.8) is 0 Å². The number of hydrogen-bond donors (Lipinski definition) is 0. The van der Waals surface area contributed by atoms with E-state index in [1.54, 1.807) is 0 Å². The molecule has 0 aromatic heterocycles. The standard InChI is InChI=1S/C10H19NO/c1-3-4-11-7-10(8-11)5-9(6-10)12-2/h9H,3-8H2,1-2H3. The molecule has 70 valence electrons. The molecule has 0 aromatic carbocycles. The molecule has 1 aliphatic heterocycles. The maximum atomic E-state index is 5.29. The van der Waals surface area contributed by atoms with Crippen LogP contribution in [0.3, 0.4) is 0 Å². The van der Waals surface area contributed by atoms with Crippen LogP contribution in [-0.2, 0) is 4.74 Å². The number of ether oxygens (including phenoxy) is 1. The van der Waals surface area contributed by atoms with Gasteiger partial charge in [-0.2, -0.15) is 0 Å². The smallest absolute Gasteiger partial charge is 0.0583 e. The molecule has 2 aliphatic rings. The largest absolute Gasteiger partial charge is 0.381 e. The van der Waals surface area contributed by atoms with Crippen molar-refractivity contribution in [1.29, 1.82) is 0 Å². The second kappa shape index (κ2) is 3.00. The average Bonchev–Trinajstić information content (AvgIpc) is 1.91. The highest BCUT2D eigenvalue weighted by molar-refractivity contribution is 5.04. The Morgan fingerprint density at radius 2 is 2.08 bits per heavy atom. The lowest BCUT2D eigenvalue weighted by Crippen LogP contribution is -2.63. The molecule has 2 heteroatoms. The fraction of sp³-hybridized carbons (Fsp3) is 1.00. The zero-order valence-electron chi connectivity index (χ0n) is 8.18. The van der Waals surface area contributed by atoms with Gasteiger partial charge in [0.2, 0.25) is 0 Å². The summed E-state index contributed by atoms with van der Waals surface area (Å²) in [4.78, 5) is 2.56. The molecule has 0 bridgehead atoms. The van der Waals surface area contributed by atoms with Crippen LogP contribution in [-0.4, -0.2) is 37.7 Å². The van der Waals surface area contributed by atoms with Gasteiger partial charge in [0.25, 0.3) is 0 Å². The SMILES string of the molecule is CCCN1CC2(CC(OC)C2)C1. The van der Waals surface area contributed by atoms with Gasteiger partial charge in [-0.05, 0) is 25.8 Å². The molecule has 2 fully saturated rings. The molecule has 12 heavy (non-hydrogen) atoms. The molecule has 0 aromatic rings. The van der Waals surface area contributed by atoms with Crippen molar-refractivity contribution >= 4 is 0 Å². The number of hydrogen-bond acceptors (Lipinski definition) is 2. The van der Waals surface area contributed by atoms with E-state index in [1.807, 2.05) is 7.11 Å². The minimum atomic E-state index is 0.578. The van der Waals surface area contributed by atoms with E-state index < -0.39 is 0 Å². The molecule has 0 amide bonds. The summed E-state index contributed by atoms with van der Waals surface area (Å²) in [5.74, 6) is 0. The third kappa shape index (κ3) is 1.27. The minimum Gasteiger partial charge on any atom is -0.381 e. The predicted molar refractivity (Wildman–Crippen MR) is 49.2 cm³/mol. The molecule has 1 spiro atoms. The zero-order chi connectivity index (χ0) is 8.60. The van der Waals surface area contributed by atoms with E-state index >= 15 is 0 Å². The van der Waals surface area contributed by atoms with Crippen molar-refractivity contribution in [2.75, 3.05) is 26.7 Å². The topological polar surface area (TPSA) is 12.5 Å². The Kier molecular flexibility index (Phi) is 2.13. The first-order valence-electron chi connectivity index (χ1n) is 5.03. The molecule has 0 unspecified atom stereocenters. The maximum Gasteiger partial charge on any atom is 0.0583 e. The maximum absolute atomic E-state index is 5.29. The van der Waals surface area contributed by atoms with Gasteiger partial charge >= 0.3 is 0 Å². The summed E-state index contributed by atoms with van der Waals surface area (Å²) in [6.07, 6.45) is 4.49. The molecule has 2 nitrogen and oxygen atoms in total. The summed E-state index contributed by atoms with van der Waals surface area (Å²) in [6.45, 7) is 6.21. The summed E-state index contributed by atoms with van der Waals surface area (Å²) >= 11 is 0. The molecule has 1 aliphatic carbocycles. The Balaban J connectivity index is 1.69. The Morgan fingerprint density at radius 1 is 1.42 bits per heavy atom. The second-order valence-corrected chi connectivity index (χ2v) is 4.48. The first-order valence-corrected chi connectivity index (χ1v) is 5.03. The molecular formula is C10H19NO. The quantitative estimate of drug-likeness (QED) is 0.635. The fourth-order valence-electron chi connectivity index (χ4n) is 2.71.